The van der Waals surface area contributed by atoms with Gasteiger partial charge in [-0.1, -0.05) is 18.2 Å². The normalized spacial score (nSPS) is 21.2. The number of hydrogen-bond donors (Lipinski definition) is 2. The van der Waals surface area contributed by atoms with Crippen molar-refractivity contribution in [2.75, 3.05) is 46.0 Å². The first-order valence-electron chi connectivity index (χ1n) is 11.7. The maximum atomic E-state index is 12.6. The fourth-order valence-electron chi connectivity index (χ4n) is 4.94. The van der Waals surface area contributed by atoms with Gasteiger partial charge >= 0.3 is 0 Å². The van der Waals surface area contributed by atoms with Gasteiger partial charge < -0.3 is 19.9 Å². The van der Waals surface area contributed by atoms with Crippen molar-refractivity contribution in [1.82, 2.24) is 10.2 Å². The van der Waals surface area contributed by atoms with E-state index in [1.165, 1.54) is 11.1 Å². The van der Waals surface area contributed by atoms with Crippen LogP contribution in [-0.4, -0.2) is 56.0 Å². The molecule has 1 unspecified atom stereocenters. The first-order valence-corrected chi connectivity index (χ1v) is 11.7. The molecule has 0 aliphatic carbocycles. The zero-order valence-electron chi connectivity index (χ0n) is 19.0. The highest BCUT2D eigenvalue weighted by Crippen LogP contribution is 2.46. The van der Waals surface area contributed by atoms with E-state index < -0.39 is 0 Å². The van der Waals surface area contributed by atoms with Crippen LogP contribution in [0.3, 0.4) is 0 Å². The monoisotopic (exact) mass is 450 g/mol. The number of phenolic OH excluding ortho intramolecular Hbond substituents is 1. The van der Waals surface area contributed by atoms with E-state index in [0.717, 1.165) is 67.3 Å². The summed E-state index contributed by atoms with van der Waals surface area (Å²) in [6.45, 7) is 6.76. The minimum Gasteiger partial charge on any atom is -0.508 e. The molecule has 0 radical (unpaired) electrons. The maximum absolute atomic E-state index is 12.6. The number of nitrogens with zero attached hydrogens (tertiary/aromatic N) is 1. The second kappa shape index (κ2) is 9.57. The molecule has 5 rings (SSSR count). The second-order valence-electron chi connectivity index (χ2n) is 9.10. The molecule has 33 heavy (non-hydrogen) atoms. The van der Waals surface area contributed by atoms with Gasteiger partial charge in [0.15, 0.2) is 0 Å². The quantitative estimate of drug-likeness (QED) is 0.651. The molecule has 0 saturated carbocycles. The number of benzene rings is 2. The first-order chi connectivity index (χ1) is 16.1. The molecule has 0 amide bonds. The highest BCUT2D eigenvalue weighted by Gasteiger charge is 2.31. The lowest BCUT2D eigenvalue weighted by Crippen LogP contribution is -2.49. The summed E-state index contributed by atoms with van der Waals surface area (Å²) in [6, 6.07) is 13.4. The maximum Gasteiger partial charge on any atom is 0.149 e. The predicted molar refractivity (Wildman–Crippen MR) is 127 cm³/mol. The van der Waals surface area contributed by atoms with Crippen molar-refractivity contribution in [3.05, 3.63) is 70.8 Å². The van der Waals surface area contributed by atoms with E-state index >= 15 is 0 Å². The molecule has 1 atom stereocenters. The fourth-order valence-corrected chi connectivity index (χ4v) is 4.94. The van der Waals surface area contributed by atoms with Crippen LogP contribution in [-0.2, 0) is 0 Å². The molecule has 174 valence electrons. The molecule has 0 bridgehead atoms. The van der Waals surface area contributed by atoms with Crippen molar-refractivity contribution >= 4 is 5.57 Å². The number of hydrogen-bond acceptors (Lipinski definition) is 5. The Hall–Kier alpha value is -2.83. The summed E-state index contributed by atoms with van der Waals surface area (Å²) in [7, 11) is 0. The third kappa shape index (κ3) is 4.63. The number of halogens is 1. The van der Waals surface area contributed by atoms with E-state index in [9.17, 15) is 9.50 Å². The van der Waals surface area contributed by atoms with Gasteiger partial charge in [-0.25, -0.2) is 0 Å². The van der Waals surface area contributed by atoms with Crippen molar-refractivity contribution in [2.24, 2.45) is 5.92 Å². The van der Waals surface area contributed by atoms with E-state index in [2.05, 4.69) is 35.3 Å². The Kier molecular flexibility index (Phi) is 6.38. The number of fused-ring (bicyclic) bond motifs is 1. The molecule has 1 fully saturated rings. The molecular formula is C27H31FN2O3. The number of aromatic hydroxyl groups is 1. The van der Waals surface area contributed by atoms with E-state index in [4.69, 9.17) is 9.47 Å². The summed E-state index contributed by atoms with van der Waals surface area (Å²) in [6.07, 6.45) is 2.98. The van der Waals surface area contributed by atoms with Crippen LogP contribution in [0.25, 0.3) is 5.57 Å². The molecule has 2 aromatic carbocycles. The summed E-state index contributed by atoms with van der Waals surface area (Å²) in [4.78, 5) is 2.22. The van der Waals surface area contributed by atoms with Crippen LogP contribution in [0.1, 0.15) is 30.6 Å². The van der Waals surface area contributed by atoms with Gasteiger partial charge in [-0.05, 0) is 66.9 Å². The van der Waals surface area contributed by atoms with Gasteiger partial charge in [-0.2, -0.15) is 0 Å². The average Bonchev–Trinajstić information content (AvgIpc) is 2.82. The molecule has 2 N–H and O–H groups in total. The van der Waals surface area contributed by atoms with Crippen LogP contribution < -0.4 is 14.8 Å². The summed E-state index contributed by atoms with van der Waals surface area (Å²) in [5.74, 6) is 2.06. The third-order valence-electron chi connectivity index (χ3n) is 6.80. The zero-order valence-corrected chi connectivity index (χ0v) is 19.0. The Labute approximate surface area is 194 Å². The van der Waals surface area contributed by atoms with Crippen LogP contribution in [0.2, 0.25) is 0 Å². The van der Waals surface area contributed by atoms with Gasteiger partial charge in [-0.15, -0.1) is 0 Å². The van der Waals surface area contributed by atoms with Crippen molar-refractivity contribution in [2.45, 2.75) is 19.4 Å². The van der Waals surface area contributed by atoms with Crippen molar-refractivity contribution < 1.29 is 19.0 Å². The first kappa shape index (κ1) is 22.0. The van der Waals surface area contributed by atoms with Gasteiger partial charge in [0.05, 0.1) is 6.67 Å². The molecule has 6 heteroatoms. The smallest absolute Gasteiger partial charge is 0.149 e. The molecule has 2 aromatic rings. The average molecular weight is 451 g/mol. The SMILES string of the molecule is CC1=C(C2=CCNCC2)C(c2ccc(OCCN3CC(CF)C3)cc2)Oc2ccc(O)cc21. The lowest BCUT2D eigenvalue weighted by Gasteiger charge is -2.37. The van der Waals surface area contributed by atoms with Gasteiger partial charge in [-0.3, -0.25) is 9.29 Å². The minimum absolute atomic E-state index is 0.203. The summed E-state index contributed by atoms with van der Waals surface area (Å²) in [5, 5.41) is 13.4. The minimum atomic E-state index is -0.225. The number of alkyl halides is 1. The second-order valence-corrected chi connectivity index (χ2v) is 9.10. The molecule has 0 aromatic heterocycles. The Bertz CT molecular complexity index is 1060. The third-order valence-corrected chi connectivity index (χ3v) is 6.80. The van der Waals surface area contributed by atoms with Crippen LogP contribution in [0.5, 0.6) is 17.2 Å². The van der Waals surface area contributed by atoms with Gasteiger partial charge in [0.1, 0.15) is 30.0 Å². The van der Waals surface area contributed by atoms with Crippen LogP contribution in [0.4, 0.5) is 4.39 Å². The van der Waals surface area contributed by atoms with E-state index in [-0.39, 0.29) is 24.4 Å². The summed E-state index contributed by atoms with van der Waals surface area (Å²) < 4.78 is 25.0. The zero-order chi connectivity index (χ0) is 22.8. The van der Waals surface area contributed by atoms with Gasteiger partial charge in [0, 0.05) is 43.2 Å². The molecular weight excluding hydrogens is 419 g/mol. The van der Waals surface area contributed by atoms with Crippen molar-refractivity contribution in [1.29, 1.82) is 0 Å². The van der Waals surface area contributed by atoms with Gasteiger partial charge in [0.25, 0.3) is 0 Å². The van der Waals surface area contributed by atoms with Gasteiger partial charge in [0.2, 0.25) is 0 Å². The van der Waals surface area contributed by atoms with Crippen molar-refractivity contribution in [3.63, 3.8) is 0 Å². The number of likely N-dealkylation sites (tertiary alicyclic amines) is 1. The van der Waals surface area contributed by atoms with E-state index in [1.807, 2.05) is 18.2 Å². The number of ether oxygens (including phenoxy) is 2. The molecule has 3 aliphatic rings. The van der Waals surface area contributed by atoms with E-state index in [0.29, 0.717) is 6.61 Å². The summed E-state index contributed by atoms with van der Waals surface area (Å²) >= 11 is 0. The number of rotatable bonds is 7. The largest absolute Gasteiger partial charge is 0.508 e. The lowest BCUT2D eigenvalue weighted by molar-refractivity contribution is 0.0668. The molecule has 3 aliphatic heterocycles. The van der Waals surface area contributed by atoms with Crippen LogP contribution in [0, 0.1) is 5.92 Å². The summed E-state index contributed by atoms with van der Waals surface area (Å²) in [5.41, 5.74) is 5.65. The Morgan fingerprint density at radius 1 is 1.18 bits per heavy atom. The molecule has 0 spiro atoms. The Morgan fingerprint density at radius 3 is 2.73 bits per heavy atom. The Morgan fingerprint density at radius 2 is 2.00 bits per heavy atom. The number of phenols is 1. The predicted octanol–water partition coefficient (Wildman–Crippen LogP) is 4.50. The lowest BCUT2D eigenvalue weighted by atomic mass is 9.84. The molecule has 5 nitrogen and oxygen atoms in total. The van der Waals surface area contributed by atoms with E-state index in [1.54, 1.807) is 12.1 Å². The van der Waals surface area contributed by atoms with Crippen LogP contribution in [0.15, 0.2) is 59.7 Å². The standard InChI is InChI=1S/C27H31FN2O3/c1-18-24-14-22(31)4-7-25(24)33-27(26(18)20-8-10-29-11-9-20)21-2-5-23(6-3-21)32-13-12-30-16-19(15-28)17-30/h2-8,14,19,27,29,31H,9-13,15-17H2,1H3. The number of nitrogens with one attached hydrogen (secondary N) is 1. The molecule has 3 heterocycles. The number of allylic oxidation sites excluding steroid dienone is 1. The topological polar surface area (TPSA) is 54.0 Å². The Balaban J connectivity index is 1.34. The highest BCUT2D eigenvalue weighted by atomic mass is 19.1. The molecule has 1 saturated heterocycles. The van der Waals surface area contributed by atoms with Crippen molar-refractivity contribution in [3.8, 4) is 17.2 Å². The highest BCUT2D eigenvalue weighted by molar-refractivity contribution is 5.79. The van der Waals surface area contributed by atoms with Crippen LogP contribution >= 0.6 is 0 Å². The fraction of sp³-hybridized carbons (Fsp3) is 0.407.